The third-order valence-corrected chi connectivity index (χ3v) is 1.97. The maximum absolute atomic E-state index is 2.78. The molecule has 0 aliphatic carbocycles. The Balaban J connectivity index is 0. The van der Waals surface area contributed by atoms with Crippen molar-refractivity contribution < 1.29 is 0 Å². The summed E-state index contributed by atoms with van der Waals surface area (Å²) in [5, 5.41) is 1.28. The molecule has 0 N–H and O–H groups in total. The molecule has 0 aromatic heterocycles. The van der Waals surface area contributed by atoms with E-state index in [2.05, 4.69) is 23.2 Å². The molecule has 0 nitrogen and oxygen atoms in total. The van der Waals surface area contributed by atoms with Gasteiger partial charge in [-0.1, -0.05) is 45.4 Å². The number of unbranched alkanes of at least 4 members (excludes halogenated alkanes) is 5. The second-order valence-corrected chi connectivity index (χ2v) is 3.13. The summed E-state index contributed by atoms with van der Waals surface area (Å²) in [5.74, 6) is 0. The fourth-order valence-electron chi connectivity index (χ4n) is 0.925. The van der Waals surface area contributed by atoms with E-state index in [0.717, 1.165) is 0 Å². The summed E-state index contributed by atoms with van der Waals surface area (Å²) in [4.78, 5) is 0. The Kier molecular flexibility index (Phi) is 17.2. The maximum Gasteiger partial charge on any atom is 0.118 e. The summed E-state index contributed by atoms with van der Waals surface area (Å²) in [7, 11) is 0. The summed E-state index contributed by atoms with van der Waals surface area (Å²) in [6.07, 6.45) is 8.51. The minimum absolute atomic E-state index is 0. The normalized spacial score (nSPS) is 8.90. The lowest BCUT2D eigenvalue weighted by Crippen LogP contribution is -1.77. The zero-order chi connectivity index (χ0) is 6.95. The van der Waals surface area contributed by atoms with Gasteiger partial charge in [0.05, 0.1) is 0 Å². The third-order valence-electron chi connectivity index (χ3n) is 1.56. The van der Waals surface area contributed by atoms with Crippen LogP contribution in [0.2, 0.25) is 5.28 Å². The van der Waals surface area contributed by atoms with Gasteiger partial charge in [0.1, 0.15) is 16.3 Å². The molecular weight excluding hydrogens is 203 g/mol. The Morgan fingerprint density at radius 1 is 0.900 bits per heavy atom. The van der Waals surface area contributed by atoms with E-state index < -0.39 is 0 Å². The van der Waals surface area contributed by atoms with Crippen LogP contribution in [0, 0.1) is 0 Å². The van der Waals surface area contributed by atoms with Crippen LogP contribution >= 0.6 is 17.0 Å². The van der Waals surface area contributed by atoms with Crippen LogP contribution in [0.25, 0.3) is 0 Å². The van der Waals surface area contributed by atoms with Crippen molar-refractivity contribution in [2.75, 3.05) is 0 Å². The first-order valence-corrected chi connectivity index (χ1v) is 4.93. The minimum Gasteiger partial charge on any atom is -0.118 e. The topological polar surface area (TPSA) is 0 Å². The summed E-state index contributed by atoms with van der Waals surface area (Å²) in [6.45, 7) is 2.26. The fourth-order valence-corrected chi connectivity index (χ4v) is 1.21. The van der Waals surface area contributed by atoms with Gasteiger partial charge in [-0.05, 0) is 0 Å². The zero-order valence-corrected chi connectivity index (χ0v) is 9.80. The molecule has 0 rings (SSSR count). The van der Waals surface area contributed by atoms with Crippen molar-refractivity contribution in [3.8, 4) is 0 Å². The van der Waals surface area contributed by atoms with Gasteiger partial charge in [-0.3, -0.25) is 0 Å². The highest BCUT2D eigenvalue weighted by Gasteiger charge is 1.85. The number of hydrogen-bond acceptors (Lipinski definition) is 0. The van der Waals surface area contributed by atoms with Crippen LogP contribution in [-0.4, -0.2) is 16.3 Å². The molecule has 0 aliphatic rings. The van der Waals surface area contributed by atoms with Crippen molar-refractivity contribution in [2.24, 2.45) is 0 Å². The molecule has 0 atom stereocenters. The Hall–Kier alpha value is 1.01. The summed E-state index contributed by atoms with van der Waals surface area (Å²) in [5.41, 5.74) is 0. The molecule has 0 saturated heterocycles. The third kappa shape index (κ3) is 11.8. The molecule has 0 heterocycles. The van der Waals surface area contributed by atoms with Gasteiger partial charge in [-0.25, -0.2) is 0 Å². The SMILES string of the molecule is Br.CCCCCCC[CH2][Al]. The van der Waals surface area contributed by atoms with Crippen LogP contribution in [0.5, 0.6) is 0 Å². The van der Waals surface area contributed by atoms with E-state index in [1.807, 2.05) is 0 Å². The van der Waals surface area contributed by atoms with Gasteiger partial charge < -0.3 is 0 Å². The lowest BCUT2D eigenvalue weighted by Gasteiger charge is -1.96. The highest BCUT2D eigenvalue weighted by atomic mass is 79.9. The van der Waals surface area contributed by atoms with Gasteiger partial charge in [-0.2, -0.15) is 0 Å². The molecule has 60 valence electrons. The first kappa shape index (κ1) is 13.6. The number of hydrogen-bond donors (Lipinski definition) is 0. The van der Waals surface area contributed by atoms with Crippen LogP contribution in [0.4, 0.5) is 0 Å². The Morgan fingerprint density at radius 2 is 1.40 bits per heavy atom. The molecule has 10 heavy (non-hydrogen) atoms. The molecule has 0 aromatic rings. The number of halogens is 1. The molecular formula is C8H18AlBr. The average Bonchev–Trinajstić information content (AvgIpc) is 1.89. The highest BCUT2D eigenvalue weighted by molar-refractivity contribution is 8.93. The molecule has 0 amide bonds. The highest BCUT2D eigenvalue weighted by Crippen LogP contribution is 2.05. The van der Waals surface area contributed by atoms with Gasteiger partial charge in [0.15, 0.2) is 0 Å². The smallest absolute Gasteiger partial charge is 0.118 e. The summed E-state index contributed by atoms with van der Waals surface area (Å²) < 4.78 is 0. The first-order chi connectivity index (χ1) is 4.41. The molecule has 0 bridgehead atoms. The lowest BCUT2D eigenvalue weighted by molar-refractivity contribution is 0.624. The first-order valence-electron chi connectivity index (χ1n) is 4.12. The van der Waals surface area contributed by atoms with E-state index in [9.17, 15) is 0 Å². The second-order valence-electron chi connectivity index (χ2n) is 2.56. The molecule has 0 spiro atoms. The zero-order valence-electron chi connectivity index (χ0n) is 6.94. The minimum atomic E-state index is 0. The van der Waals surface area contributed by atoms with E-state index in [1.165, 1.54) is 43.8 Å². The van der Waals surface area contributed by atoms with Gasteiger partial charge in [-0.15, -0.1) is 22.3 Å². The average molecular weight is 221 g/mol. The Morgan fingerprint density at radius 3 is 1.90 bits per heavy atom. The molecule has 0 fully saturated rings. The van der Waals surface area contributed by atoms with Crippen LogP contribution < -0.4 is 0 Å². The maximum atomic E-state index is 2.78. The molecule has 0 unspecified atom stereocenters. The second kappa shape index (κ2) is 12.7. The van der Waals surface area contributed by atoms with E-state index in [1.54, 1.807) is 0 Å². The van der Waals surface area contributed by atoms with Gasteiger partial charge in [0.25, 0.3) is 0 Å². The molecule has 0 saturated carbocycles. The van der Waals surface area contributed by atoms with Crippen LogP contribution in [0.1, 0.15) is 45.4 Å². The predicted molar refractivity (Wildman–Crippen MR) is 54.3 cm³/mol. The van der Waals surface area contributed by atoms with Crippen molar-refractivity contribution in [1.82, 2.24) is 0 Å². The van der Waals surface area contributed by atoms with E-state index in [0.29, 0.717) is 0 Å². The van der Waals surface area contributed by atoms with Crippen molar-refractivity contribution in [2.45, 2.75) is 50.7 Å². The Bertz CT molecular complexity index is 42.5. The van der Waals surface area contributed by atoms with Crippen LogP contribution in [0.15, 0.2) is 0 Å². The largest absolute Gasteiger partial charge is 0.118 e. The van der Waals surface area contributed by atoms with Crippen molar-refractivity contribution in [1.29, 1.82) is 0 Å². The monoisotopic (exact) mass is 220 g/mol. The van der Waals surface area contributed by atoms with Gasteiger partial charge in [0.2, 0.25) is 0 Å². The predicted octanol–water partition coefficient (Wildman–Crippen LogP) is 3.51. The van der Waals surface area contributed by atoms with E-state index in [-0.39, 0.29) is 17.0 Å². The van der Waals surface area contributed by atoms with Gasteiger partial charge >= 0.3 is 0 Å². The molecule has 2 radical (unpaired) electrons. The number of rotatable bonds is 6. The molecule has 0 aliphatic heterocycles. The Labute approximate surface area is 84.0 Å². The van der Waals surface area contributed by atoms with E-state index in [4.69, 9.17) is 0 Å². The van der Waals surface area contributed by atoms with Crippen molar-refractivity contribution in [3.05, 3.63) is 0 Å². The van der Waals surface area contributed by atoms with Crippen LogP contribution in [-0.2, 0) is 0 Å². The molecule has 0 aromatic carbocycles. The van der Waals surface area contributed by atoms with Crippen molar-refractivity contribution >= 4 is 33.3 Å². The van der Waals surface area contributed by atoms with Crippen LogP contribution in [0.3, 0.4) is 0 Å². The standard InChI is InChI=1S/C8H17.Al.BrH/c1-3-5-7-8-6-4-2;;/h1,3-8H2,2H3;;1H. The fraction of sp³-hybridized carbons (Fsp3) is 1.00. The summed E-state index contributed by atoms with van der Waals surface area (Å²) >= 11 is 2.78. The summed E-state index contributed by atoms with van der Waals surface area (Å²) in [6, 6.07) is 0. The lowest BCUT2D eigenvalue weighted by atomic mass is 10.1. The van der Waals surface area contributed by atoms with E-state index >= 15 is 0 Å². The molecule has 2 heteroatoms. The van der Waals surface area contributed by atoms with Gasteiger partial charge in [0, 0.05) is 0 Å². The quantitative estimate of drug-likeness (QED) is 0.475. The van der Waals surface area contributed by atoms with Crippen molar-refractivity contribution in [3.63, 3.8) is 0 Å².